The summed E-state index contributed by atoms with van der Waals surface area (Å²) >= 11 is 0. The van der Waals surface area contributed by atoms with Gasteiger partial charge in [0.05, 0.1) is 34.4 Å². The van der Waals surface area contributed by atoms with Gasteiger partial charge in [0.15, 0.2) is 0 Å². The Labute approximate surface area is 399 Å². The molecule has 0 aromatic carbocycles. The second-order valence-electron chi connectivity index (χ2n) is 20.7. The molecular formula is C55H113NO7P+. The SMILES string of the molecule is CCCCCCCCCCCCCCCCCCCCCCCCCCC(=O)O[C@H](COCCCCCCCCCCCCCCCCCCCC)COP(=O)(O)OCC[N+](C)(C)C. The second-order valence-corrected chi connectivity index (χ2v) is 22.1. The average molecular weight is 931 g/mol. The predicted octanol–water partition coefficient (Wildman–Crippen LogP) is 17.6. The maximum Gasteiger partial charge on any atom is 0.472 e. The molecule has 0 heterocycles. The molecule has 0 aromatic heterocycles. The summed E-state index contributed by atoms with van der Waals surface area (Å²) in [4.78, 5) is 23.1. The van der Waals surface area contributed by atoms with Crippen molar-refractivity contribution in [2.45, 2.75) is 296 Å². The minimum Gasteiger partial charge on any atom is -0.457 e. The summed E-state index contributed by atoms with van der Waals surface area (Å²) in [6, 6.07) is 0. The van der Waals surface area contributed by atoms with Crippen LogP contribution in [0.4, 0.5) is 0 Å². The number of quaternary nitrogens is 1. The topological polar surface area (TPSA) is 91.3 Å². The van der Waals surface area contributed by atoms with Crippen molar-refractivity contribution in [1.82, 2.24) is 0 Å². The van der Waals surface area contributed by atoms with Gasteiger partial charge in [-0.2, -0.15) is 0 Å². The Balaban J connectivity index is 4.01. The number of carbonyl (C=O) groups excluding carboxylic acids is 1. The molecule has 0 fully saturated rings. The number of ether oxygens (including phenoxy) is 2. The minimum absolute atomic E-state index is 0.0944. The van der Waals surface area contributed by atoms with Crippen LogP contribution in [-0.2, 0) is 27.9 Å². The quantitative estimate of drug-likeness (QED) is 0.0281. The predicted molar refractivity (Wildman–Crippen MR) is 275 cm³/mol. The van der Waals surface area contributed by atoms with Gasteiger partial charge in [0.1, 0.15) is 19.3 Å². The van der Waals surface area contributed by atoms with Crippen molar-refractivity contribution in [2.24, 2.45) is 0 Å². The fourth-order valence-electron chi connectivity index (χ4n) is 8.56. The lowest BCUT2D eigenvalue weighted by molar-refractivity contribution is -0.870. The highest BCUT2D eigenvalue weighted by Gasteiger charge is 2.26. The maximum absolute atomic E-state index is 12.8. The standard InChI is InChI=1S/C55H112NO7P/c1-6-8-10-12-14-16-18-20-22-24-26-27-28-29-30-31-32-34-36-38-40-42-44-46-48-55(57)63-54(53-62-64(58,59)61-51-49-56(3,4)5)52-60-50-47-45-43-41-39-37-35-33-25-23-21-19-17-15-13-11-9-7-2/h54H,6-53H2,1-5H3/p+1/t54-/m1/s1. The van der Waals surface area contributed by atoms with Crippen molar-refractivity contribution in [3.63, 3.8) is 0 Å². The number of nitrogens with zero attached hydrogens (tertiary/aromatic N) is 1. The molecule has 0 saturated heterocycles. The van der Waals surface area contributed by atoms with E-state index in [-0.39, 0.29) is 25.8 Å². The highest BCUT2D eigenvalue weighted by Crippen LogP contribution is 2.43. The van der Waals surface area contributed by atoms with E-state index < -0.39 is 13.9 Å². The number of esters is 1. The molecule has 9 heteroatoms. The molecule has 0 bridgehead atoms. The molecule has 1 N–H and O–H groups in total. The van der Waals surface area contributed by atoms with Crippen molar-refractivity contribution in [3.8, 4) is 0 Å². The van der Waals surface area contributed by atoms with E-state index in [9.17, 15) is 14.3 Å². The summed E-state index contributed by atoms with van der Waals surface area (Å²) in [7, 11) is 1.69. The number of phosphoric acid groups is 1. The van der Waals surface area contributed by atoms with Crippen LogP contribution in [0, 0.1) is 0 Å². The van der Waals surface area contributed by atoms with E-state index in [0.29, 0.717) is 24.1 Å². The van der Waals surface area contributed by atoms with E-state index in [1.54, 1.807) is 0 Å². The molecule has 0 amide bonds. The molecule has 1 unspecified atom stereocenters. The average Bonchev–Trinajstić information content (AvgIpc) is 3.25. The van der Waals surface area contributed by atoms with Crippen LogP contribution in [-0.4, -0.2) is 75.6 Å². The summed E-state index contributed by atoms with van der Waals surface area (Å²) in [6.45, 7) is 5.72. The Morgan fingerprint density at radius 1 is 0.422 bits per heavy atom. The second kappa shape index (κ2) is 48.9. The van der Waals surface area contributed by atoms with E-state index in [4.69, 9.17) is 18.5 Å². The third-order valence-electron chi connectivity index (χ3n) is 12.9. The Hall–Kier alpha value is -0.500. The molecule has 0 aromatic rings. The van der Waals surface area contributed by atoms with Gasteiger partial charge in [-0.3, -0.25) is 13.8 Å². The first kappa shape index (κ1) is 63.5. The lowest BCUT2D eigenvalue weighted by Crippen LogP contribution is -2.37. The molecule has 0 spiro atoms. The fraction of sp³-hybridized carbons (Fsp3) is 0.982. The first-order chi connectivity index (χ1) is 31.1. The van der Waals surface area contributed by atoms with Gasteiger partial charge in [0, 0.05) is 13.0 Å². The molecule has 64 heavy (non-hydrogen) atoms. The lowest BCUT2D eigenvalue weighted by Gasteiger charge is -2.24. The summed E-state index contributed by atoms with van der Waals surface area (Å²) < 4.78 is 35.3. The first-order valence-corrected chi connectivity index (χ1v) is 29.8. The number of unbranched alkanes of at least 4 members (excludes halogenated alkanes) is 40. The van der Waals surface area contributed by atoms with Crippen LogP contribution in [0.3, 0.4) is 0 Å². The number of hydrogen-bond donors (Lipinski definition) is 1. The van der Waals surface area contributed by atoms with Crippen LogP contribution in [0.2, 0.25) is 0 Å². The molecule has 2 atom stereocenters. The third kappa shape index (κ3) is 52.5. The summed E-state index contributed by atoms with van der Waals surface area (Å²) in [5, 5.41) is 0. The number of carbonyl (C=O) groups is 1. The minimum atomic E-state index is -4.27. The van der Waals surface area contributed by atoms with Gasteiger partial charge >= 0.3 is 13.8 Å². The van der Waals surface area contributed by atoms with Gasteiger partial charge in [0.2, 0.25) is 0 Å². The Bertz CT molecular complexity index is 992. The number of likely N-dealkylation sites (N-methyl/N-ethyl adjacent to an activating group) is 1. The van der Waals surface area contributed by atoms with Gasteiger partial charge in [-0.05, 0) is 12.8 Å². The zero-order valence-electron chi connectivity index (χ0n) is 43.8. The highest BCUT2D eigenvalue weighted by atomic mass is 31.2. The third-order valence-corrected chi connectivity index (χ3v) is 13.9. The van der Waals surface area contributed by atoms with E-state index in [1.807, 2.05) is 21.1 Å². The van der Waals surface area contributed by atoms with Gasteiger partial charge < -0.3 is 18.9 Å². The zero-order chi connectivity index (χ0) is 46.9. The Morgan fingerprint density at radius 2 is 0.719 bits per heavy atom. The van der Waals surface area contributed by atoms with Crippen LogP contribution in [0.5, 0.6) is 0 Å². The molecule has 0 aliphatic rings. The number of rotatable bonds is 54. The van der Waals surface area contributed by atoms with Gasteiger partial charge in [0.25, 0.3) is 0 Å². The van der Waals surface area contributed by atoms with Crippen LogP contribution < -0.4 is 0 Å². The molecule has 0 rings (SSSR count). The van der Waals surface area contributed by atoms with Gasteiger partial charge in [-0.1, -0.05) is 271 Å². The fourth-order valence-corrected chi connectivity index (χ4v) is 9.30. The van der Waals surface area contributed by atoms with Crippen LogP contribution in [0.25, 0.3) is 0 Å². The Kier molecular flexibility index (Phi) is 48.6. The molecule has 0 radical (unpaired) electrons. The number of hydrogen-bond acceptors (Lipinski definition) is 6. The normalized spacial score (nSPS) is 13.4. The first-order valence-electron chi connectivity index (χ1n) is 28.3. The van der Waals surface area contributed by atoms with Crippen molar-refractivity contribution < 1.29 is 37.3 Å². The van der Waals surface area contributed by atoms with Crippen LogP contribution >= 0.6 is 7.82 Å². The highest BCUT2D eigenvalue weighted by molar-refractivity contribution is 7.47. The van der Waals surface area contributed by atoms with E-state index >= 15 is 0 Å². The Morgan fingerprint density at radius 3 is 1.03 bits per heavy atom. The summed E-state index contributed by atoms with van der Waals surface area (Å²) in [5.41, 5.74) is 0. The molecule has 384 valence electrons. The maximum atomic E-state index is 12.8. The van der Waals surface area contributed by atoms with Crippen molar-refractivity contribution >= 4 is 13.8 Å². The van der Waals surface area contributed by atoms with E-state index in [0.717, 1.165) is 32.1 Å². The van der Waals surface area contributed by atoms with Crippen molar-refractivity contribution in [3.05, 3.63) is 0 Å². The van der Waals surface area contributed by atoms with Gasteiger partial charge in [-0.25, -0.2) is 4.57 Å². The monoisotopic (exact) mass is 931 g/mol. The molecule has 0 aliphatic carbocycles. The summed E-state index contributed by atoms with van der Waals surface area (Å²) in [5.74, 6) is -0.303. The molecule has 8 nitrogen and oxygen atoms in total. The lowest BCUT2D eigenvalue weighted by atomic mass is 10.0. The van der Waals surface area contributed by atoms with E-state index in [1.165, 1.54) is 238 Å². The number of phosphoric ester groups is 1. The molecule has 0 saturated carbocycles. The molecular weight excluding hydrogens is 818 g/mol. The molecule has 0 aliphatic heterocycles. The smallest absolute Gasteiger partial charge is 0.457 e. The van der Waals surface area contributed by atoms with E-state index in [2.05, 4.69) is 13.8 Å². The van der Waals surface area contributed by atoms with Gasteiger partial charge in [-0.15, -0.1) is 0 Å². The zero-order valence-corrected chi connectivity index (χ0v) is 44.7. The van der Waals surface area contributed by atoms with Crippen molar-refractivity contribution in [1.29, 1.82) is 0 Å². The largest absolute Gasteiger partial charge is 0.472 e. The van der Waals surface area contributed by atoms with Crippen molar-refractivity contribution in [2.75, 3.05) is 54.1 Å². The van der Waals surface area contributed by atoms with Crippen LogP contribution in [0.15, 0.2) is 0 Å². The van der Waals surface area contributed by atoms with Crippen LogP contribution in [0.1, 0.15) is 290 Å². The summed E-state index contributed by atoms with van der Waals surface area (Å²) in [6.07, 6.45) is 55.9.